The third kappa shape index (κ3) is 5.52. The van der Waals surface area contributed by atoms with Crippen LogP contribution < -0.4 is 32.4 Å². The minimum Gasteiger partial charge on any atom is -0.493 e. The topological polar surface area (TPSA) is 200 Å². The van der Waals surface area contributed by atoms with Crippen LogP contribution in [0.4, 0.5) is 23.8 Å². The van der Waals surface area contributed by atoms with Crippen molar-refractivity contribution in [3.05, 3.63) is 35.9 Å². The van der Waals surface area contributed by atoms with E-state index < -0.39 is 0 Å². The van der Waals surface area contributed by atoms with Crippen molar-refractivity contribution >= 4 is 23.8 Å². The van der Waals surface area contributed by atoms with E-state index in [9.17, 15) is 0 Å². The predicted octanol–water partition coefficient (Wildman–Crippen LogP) is -0.372. The second kappa shape index (κ2) is 8.62. The van der Waals surface area contributed by atoms with Crippen LogP contribution in [0.5, 0.6) is 11.5 Å². The predicted molar refractivity (Wildman–Crippen MR) is 102 cm³/mol. The van der Waals surface area contributed by atoms with Gasteiger partial charge in [0, 0.05) is 18.9 Å². The number of rotatable bonds is 8. The van der Waals surface area contributed by atoms with Gasteiger partial charge >= 0.3 is 0 Å². The Kier molecular flexibility index (Phi) is 5.79. The maximum Gasteiger partial charge on any atom is 0.225 e. The molecular weight excluding hydrogens is 364 g/mol. The summed E-state index contributed by atoms with van der Waals surface area (Å²) in [6.45, 7) is 0.686. The first-order chi connectivity index (χ1) is 13.5. The monoisotopic (exact) mass is 384 g/mol. The van der Waals surface area contributed by atoms with Gasteiger partial charge in [0.1, 0.15) is 23.1 Å². The first-order valence-corrected chi connectivity index (χ1v) is 8.35. The van der Waals surface area contributed by atoms with E-state index in [2.05, 4.69) is 29.9 Å². The lowest BCUT2D eigenvalue weighted by Crippen LogP contribution is -2.11. The van der Waals surface area contributed by atoms with Crippen LogP contribution >= 0.6 is 0 Å². The Bertz CT molecular complexity index is 839. The zero-order valence-electron chi connectivity index (χ0n) is 14.9. The highest BCUT2D eigenvalue weighted by molar-refractivity contribution is 5.33. The molecule has 0 atom stereocenters. The fourth-order valence-electron chi connectivity index (χ4n) is 2.31. The molecule has 0 spiro atoms. The van der Waals surface area contributed by atoms with Crippen molar-refractivity contribution < 1.29 is 9.47 Å². The third-order valence-electron chi connectivity index (χ3n) is 3.43. The standard InChI is InChI=1S/C16H20N10O2/c17-13-21-11(22-14(18)25-13)4-6-27-9-2-1-3-10(8-9)28-7-5-12-23-15(19)26-16(20)24-12/h1-3,8H,4-7H2,(H4,17,18,21,22,25)(H4,19,20,23,24,26). The fraction of sp³-hybridized carbons (Fsp3) is 0.250. The summed E-state index contributed by atoms with van der Waals surface area (Å²) in [5.74, 6) is 2.54. The highest BCUT2D eigenvalue weighted by Crippen LogP contribution is 2.19. The van der Waals surface area contributed by atoms with E-state index in [0.29, 0.717) is 49.2 Å². The van der Waals surface area contributed by atoms with Crippen molar-refractivity contribution in [2.24, 2.45) is 0 Å². The van der Waals surface area contributed by atoms with Gasteiger partial charge in [0.25, 0.3) is 0 Å². The zero-order chi connectivity index (χ0) is 19.9. The van der Waals surface area contributed by atoms with Crippen molar-refractivity contribution in [3.63, 3.8) is 0 Å². The fourth-order valence-corrected chi connectivity index (χ4v) is 2.31. The average molecular weight is 384 g/mol. The second-order valence-electron chi connectivity index (χ2n) is 5.61. The summed E-state index contributed by atoms with van der Waals surface area (Å²) in [6.07, 6.45) is 0.870. The number of hydrogen-bond donors (Lipinski definition) is 4. The van der Waals surface area contributed by atoms with E-state index >= 15 is 0 Å². The number of nitrogens with two attached hydrogens (primary N) is 4. The number of nitrogen functional groups attached to an aromatic ring is 4. The average Bonchev–Trinajstić information content (AvgIpc) is 2.60. The van der Waals surface area contributed by atoms with Crippen LogP contribution in [0.2, 0.25) is 0 Å². The van der Waals surface area contributed by atoms with Crippen molar-refractivity contribution in [3.8, 4) is 11.5 Å². The molecular formula is C16H20N10O2. The van der Waals surface area contributed by atoms with Gasteiger partial charge in [-0.25, -0.2) is 0 Å². The normalized spacial score (nSPS) is 10.6. The van der Waals surface area contributed by atoms with E-state index in [4.69, 9.17) is 32.4 Å². The SMILES string of the molecule is Nc1nc(N)nc(CCOc2cccc(OCCc3nc(N)nc(N)n3)c2)n1. The minimum atomic E-state index is 0.0830. The summed E-state index contributed by atoms with van der Waals surface area (Å²) in [6, 6.07) is 7.22. The molecule has 28 heavy (non-hydrogen) atoms. The van der Waals surface area contributed by atoms with Crippen molar-refractivity contribution in [2.45, 2.75) is 12.8 Å². The molecule has 0 bridgehead atoms. The number of ether oxygens (including phenoxy) is 2. The van der Waals surface area contributed by atoms with Gasteiger partial charge in [-0.2, -0.15) is 29.9 Å². The Morgan fingerprint density at radius 3 is 1.39 bits per heavy atom. The first-order valence-electron chi connectivity index (χ1n) is 8.35. The summed E-state index contributed by atoms with van der Waals surface area (Å²) >= 11 is 0. The van der Waals surface area contributed by atoms with Crippen LogP contribution in [0, 0.1) is 0 Å². The van der Waals surface area contributed by atoms with Gasteiger partial charge in [-0.05, 0) is 12.1 Å². The van der Waals surface area contributed by atoms with Crippen LogP contribution in [-0.2, 0) is 12.8 Å². The van der Waals surface area contributed by atoms with Gasteiger partial charge in [0.2, 0.25) is 23.8 Å². The first kappa shape index (κ1) is 18.8. The smallest absolute Gasteiger partial charge is 0.225 e. The lowest BCUT2D eigenvalue weighted by atomic mass is 10.3. The Morgan fingerprint density at radius 1 is 0.607 bits per heavy atom. The Labute approximate surface area is 160 Å². The number of benzene rings is 1. The third-order valence-corrected chi connectivity index (χ3v) is 3.43. The molecule has 2 heterocycles. The summed E-state index contributed by atoms with van der Waals surface area (Å²) in [5.41, 5.74) is 22.2. The maximum atomic E-state index is 5.70. The van der Waals surface area contributed by atoms with E-state index in [1.54, 1.807) is 6.07 Å². The lowest BCUT2D eigenvalue weighted by Gasteiger charge is -2.09. The molecule has 12 heteroatoms. The summed E-state index contributed by atoms with van der Waals surface area (Å²) in [7, 11) is 0. The Balaban J connectivity index is 1.49. The van der Waals surface area contributed by atoms with Gasteiger partial charge < -0.3 is 32.4 Å². The molecule has 0 saturated carbocycles. The van der Waals surface area contributed by atoms with Crippen LogP contribution in [0.3, 0.4) is 0 Å². The molecule has 0 saturated heterocycles. The second-order valence-corrected chi connectivity index (χ2v) is 5.61. The molecule has 2 aromatic heterocycles. The molecule has 0 fully saturated rings. The molecule has 0 aliphatic heterocycles. The van der Waals surface area contributed by atoms with Crippen LogP contribution in [-0.4, -0.2) is 43.1 Å². The maximum absolute atomic E-state index is 5.70. The summed E-state index contributed by atoms with van der Waals surface area (Å²) in [5, 5.41) is 0. The number of hydrogen-bond acceptors (Lipinski definition) is 12. The van der Waals surface area contributed by atoms with Crippen LogP contribution in [0.15, 0.2) is 24.3 Å². The van der Waals surface area contributed by atoms with E-state index in [1.807, 2.05) is 18.2 Å². The zero-order valence-corrected chi connectivity index (χ0v) is 14.9. The molecule has 8 N–H and O–H groups in total. The van der Waals surface area contributed by atoms with Crippen LogP contribution in [0.25, 0.3) is 0 Å². The molecule has 0 aliphatic carbocycles. The van der Waals surface area contributed by atoms with Crippen molar-refractivity contribution in [2.75, 3.05) is 36.1 Å². The van der Waals surface area contributed by atoms with Gasteiger partial charge in [0.15, 0.2) is 0 Å². The molecule has 3 rings (SSSR count). The highest BCUT2D eigenvalue weighted by Gasteiger charge is 2.05. The molecule has 0 aliphatic rings. The van der Waals surface area contributed by atoms with Gasteiger partial charge in [-0.1, -0.05) is 6.07 Å². The molecule has 0 radical (unpaired) electrons. The molecule has 0 amide bonds. The van der Waals surface area contributed by atoms with Gasteiger partial charge in [-0.15, -0.1) is 0 Å². The van der Waals surface area contributed by atoms with E-state index in [-0.39, 0.29) is 23.8 Å². The lowest BCUT2D eigenvalue weighted by molar-refractivity contribution is 0.303. The van der Waals surface area contributed by atoms with E-state index in [0.717, 1.165) is 0 Å². The number of nitrogens with zero attached hydrogens (tertiary/aromatic N) is 6. The van der Waals surface area contributed by atoms with Gasteiger partial charge in [-0.3, -0.25) is 0 Å². The summed E-state index contributed by atoms with van der Waals surface area (Å²) < 4.78 is 11.4. The number of anilines is 4. The quantitative estimate of drug-likeness (QED) is 0.393. The van der Waals surface area contributed by atoms with Crippen molar-refractivity contribution in [1.29, 1.82) is 0 Å². The number of aromatic nitrogens is 6. The van der Waals surface area contributed by atoms with E-state index in [1.165, 1.54) is 0 Å². The Hall–Kier alpha value is -3.96. The van der Waals surface area contributed by atoms with Gasteiger partial charge in [0.05, 0.1) is 13.2 Å². The minimum absolute atomic E-state index is 0.0830. The molecule has 0 unspecified atom stereocenters. The summed E-state index contributed by atoms with van der Waals surface area (Å²) in [4.78, 5) is 23.4. The molecule has 3 aromatic rings. The molecule has 12 nitrogen and oxygen atoms in total. The molecule has 1 aromatic carbocycles. The Morgan fingerprint density at radius 2 is 1.00 bits per heavy atom. The van der Waals surface area contributed by atoms with Crippen molar-refractivity contribution in [1.82, 2.24) is 29.9 Å². The highest BCUT2D eigenvalue weighted by atomic mass is 16.5. The van der Waals surface area contributed by atoms with Crippen LogP contribution in [0.1, 0.15) is 11.6 Å². The molecule has 146 valence electrons. The largest absolute Gasteiger partial charge is 0.493 e.